The van der Waals surface area contributed by atoms with Gasteiger partial charge in [-0.2, -0.15) is 5.10 Å². The minimum Gasteiger partial charge on any atom is -0.327 e. The van der Waals surface area contributed by atoms with Crippen LogP contribution in [0.15, 0.2) is 6.20 Å². The molecule has 0 saturated heterocycles. The first kappa shape index (κ1) is 9.26. The number of aryl methyl sites for hydroxylation is 2. The Morgan fingerprint density at radius 3 is 2.42 bits per heavy atom. The predicted octanol–water partition coefficient (Wildman–Crippen LogP) is 1.18. The van der Waals surface area contributed by atoms with Gasteiger partial charge in [0.15, 0.2) is 0 Å². The Hall–Kier alpha value is -0.830. The van der Waals surface area contributed by atoms with Crippen LogP contribution in [0.3, 0.4) is 0 Å². The van der Waals surface area contributed by atoms with E-state index in [0.29, 0.717) is 5.92 Å². The molecule has 1 aromatic heterocycles. The summed E-state index contributed by atoms with van der Waals surface area (Å²) in [6.07, 6.45) is 2.04. The molecule has 3 heteroatoms. The molecule has 0 aliphatic heterocycles. The fourth-order valence-electron chi connectivity index (χ4n) is 1.35. The molecule has 0 saturated carbocycles. The highest BCUT2D eigenvalue weighted by Gasteiger charge is 2.14. The first-order valence-corrected chi connectivity index (χ1v) is 4.28. The standard InChI is InChI=1S/C9H17N3/c1-6(7(2)10)9-5-12(4)11-8(9)3/h5-7H,10H2,1-4H3. The Morgan fingerprint density at radius 2 is 2.08 bits per heavy atom. The van der Waals surface area contributed by atoms with Crippen molar-refractivity contribution in [3.63, 3.8) is 0 Å². The normalized spacial score (nSPS) is 16.1. The largest absolute Gasteiger partial charge is 0.327 e. The van der Waals surface area contributed by atoms with Crippen molar-refractivity contribution in [3.8, 4) is 0 Å². The number of hydrogen-bond acceptors (Lipinski definition) is 2. The van der Waals surface area contributed by atoms with E-state index in [1.54, 1.807) is 0 Å². The summed E-state index contributed by atoms with van der Waals surface area (Å²) in [5.74, 6) is 0.388. The van der Waals surface area contributed by atoms with Crippen LogP contribution < -0.4 is 5.73 Å². The quantitative estimate of drug-likeness (QED) is 0.718. The van der Waals surface area contributed by atoms with E-state index in [0.717, 1.165) is 5.69 Å². The molecular weight excluding hydrogens is 150 g/mol. The first-order valence-electron chi connectivity index (χ1n) is 4.28. The van der Waals surface area contributed by atoms with Crippen molar-refractivity contribution in [1.29, 1.82) is 0 Å². The van der Waals surface area contributed by atoms with Crippen LogP contribution in [0.2, 0.25) is 0 Å². The highest BCUT2D eigenvalue weighted by molar-refractivity contribution is 5.21. The molecule has 12 heavy (non-hydrogen) atoms. The molecule has 68 valence electrons. The molecule has 0 fully saturated rings. The number of aromatic nitrogens is 2. The zero-order valence-corrected chi connectivity index (χ0v) is 8.20. The van der Waals surface area contributed by atoms with Crippen molar-refractivity contribution < 1.29 is 0 Å². The Morgan fingerprint density at radius 1 is 1.50 bits per heavy atom. The van der Waals surface area contributed by atoms with Crippen LogP contribution in [0, 0.1) is 6.92 Å². The van der Waals surface area contributed by atoms with Gasteiger partial charge in [-0.25, -0.2) is 0 Å². The molecule has 0 spiro atoms. The molecule has 0 amide bonds. The lowest BCUT2D eigenvalue weighted by atomic mass is 9.96. The fraction of sp³-hybridized carbons (Fsp3) is 0.667. The van der Waals surface area contributed by atoms with Crippen LogP contribution in [0.1, 0.15) is 31.0 Å². The highest BCUT2D eigenvalue weighted by Crippen LogP contribution is 2.20. The van der Waals surface area contributed by atoms with Crippen LogP contribution in [0.4, 0.5) is 0 Å². The fourth-order valence-corrected chi connectivity index (χ4v) is 1.35. The van der Waals surface area contributed by atoms with Gasteiger partial charge in [0.1, 0.15) is 0 Å². The van der Waals surface area contributed by atoms with E-state index >= 15 is 0 Å². The number of nitrogens with zero attached hydrogens (tertiary/aromatic N) is 2. The van der Waals surface area contributed by atoms with Gasteiger partial charge in [-0.3, -0.25) is 4.68 Å². The van der Waals surface area contributed by atoms with Crippen molar-refractivity contribution in [1.82, 2.24) is 9.78 Å². The summed E-state index contributed by atoms with van der Waals surface area (Å²) in [7, 11) is 1.93. The number of nitrogens with two attached hydrogens (primary N) is 1. The molecule has 2 atom stereocenters. The van der Waals surface area contributed by atoms with Gasteiger partial charge < -0.3 is 5.73 Å². The molecule has 0 radical (unpaired) electrons. The molecule has 1 heterocycles. The molecule has 0 aliphatic rings. The van der Waals surface area contributed by atoms with Gasteiger partial charge in [-0.05, 0) is 25.3 Å². The Labute approximate surface area is 73.6 Å². The second-order valence-corrected chi connectivity index (χ2v) is 3.49. The van der Waals surface area contributed by atoms with E-state index in [2.05, 4.69) is 12.0 Å². The van der Waals surface area contributed by atoms with Crippen molar-refractivity contribution in [3.05, 3.63) is 17.5 Å². The van der Waals surface area contributed by atoms with Crippen molar-refractivity contribution in [2.45, 2.75) is 32.7 Å². The maximum Gasteiger partial charge on any atom is 0.0628 e. The zero-order chi connectivity index (χ0) is 9.30. The van der Waals surface area contributed by atoms with Crippen LogP contribution in [-0.4, -0.2) is 15.8 Å². The van der Waals surface area contributed by atoms with Crippen molar-refractivity contribution >= 4 is 0 Å². The van der Waals surface area contributed by atoms with Crippen molar-refractivity contribution in [2.75, 3.05) is 0 Å². The van der Waals surface area contributed by atoms with Gasteiger partial charge in [0.05, 0.1) is 5.69 Å². The predicted molar refractivity (Wildman–Crippen MR) is 50.0 cm³/mol. The van der Waals surface area contributed by atoms with Gasteiger partial charge in [-0.15, -0.1) is 0 Å². The summed E-state index contributed by atoms with van der Waals surface area (Å²) in [5.41, 5.74) is 8.15. The minimum atomic E-state index is 0.188. The van der Waals surface area contributed by atoms with Gasteiger partial charge in [0, 0.05) is 19.3 Å². The maximum absolute atomic E-state index is 5.81. The van der Waals surface area contributed by atoms with E-state index in [-0.39, 0.29) is 6.04 Å². The molecular formula is C9H17N3. The summed E-state index contributed by atoms with van der Waals surface area (Å²) in [6, 6.07) is 0.188. The summed E-state index contributed by atoms with van der Waals surface area (Å²) in [6.45, 7) is 6.18. The molecule has 0 aliphatic carbocycles. The van der Waals surface area contributed by atoms with E-state index in [1.165, 1.54) is 5.56 Å². The Bertz CT molecular complexity index is 263. The smallest absolute Gasteiger partial charge is 0.0628 e. The molecule has 0 aromatic carbocycles. The number of hydrogen-bond donors (Lipinski definition) is 1. The summed E-state index contributed by atoms with van der Waals surface area (Å²) >= 11 is 0. The molecule has 1 rings (SSSR count). The average Bonchev–Trinajstić information content (AvgIpc) is 2.28. The highest BCUT2D eigenvalue weighted by atomic mass is 15.2. The third kappa shape index (κ3) is 1.67. The molecule has 1 aromatic rings. The molecule has 2 unspecified atom stereocenters. The topological polar surface area (TPSA) is 43.8 Å². The first-order chi connectivity index (χ1) is 5.52. The number of rotatable bonds is 2. The van der Waals surface area contributed by atoms with Gasteiger partial charge >= 0.3 is 0 Å². The Balaban J connectivity index is 2.94. The lowest BCUT2D eigenvalue weighted by Gasteiger charge is -2.13. The summed E-state index contributed by atoms with van der Waals surface area (Å²) in [4.78, 5) is 0. The average molecular weight is 167 g/mol. The van der Waals surface area contributed by atoms with E-state index in [4.69, 9.17) is 5.73 Å². The van der Waals surface area contributed by atoms with Crippen LogP contribution in [0.25, 0.3) is 0 Å². The van der Waals surface area contributed by atoms with Gasteiger partial charge in [0.2, 0.25) is 0 Å². The van der Waals surface area contributed by atoms with Gasteiger partial charge in [-0.1, -0.05) is 6.92 Å². The van der Waals surface area contributed by atoms with Crippen molar-refractivity contribution in [2.24, 2.45) is 12.8 Å². The van der Waals surface area contributed by atoms with Crippen LogP contribution >= 0.6 is 0 Å². The molecule has 3 nitrogen and oxygen atoms in total. The lowest BCUT2D eigenvalue weighted by molar-refractivity contribution is 0.610. The second-order valence-electron chi connectivity index (χ2n) is 3.49. The maximum atomic E-state index is 5.81. The minimum absolute atomic E-state index is 0.188. The molecule has 0 bridgehead atoms. The summed E-state index contributed by atoms with van der Waals surface area (Å²) in [5, 5.41) is 4.28. The van der Waals surface area contributed by atoms with E-state index in [1.807, 2.05) is 31.8 Å². The Kier molecular flexibility index (Phi) is 2.52. The lowest BCUT2D eigenvalue weighted by Crippen LogP contribution is -2.22. The van der Waals surface area contributed by atoms with E-state index in [9.17, 15) is 0 Å². The summed E-state index contributed by atoms with van der Waals surface area (Å²) < 4.78 is 1.84. The van der Waals surface area contributed by atoms with Gasteiger partial charge in [0.25, 0.3) is 0 Å². The SMILES string of the molecule is Cc1nn(C)cc1C(C)C(C)N. The third-order valence-electron chi connectivity index (χ3n) is 2.33. The third-order valence-corrected chi connectivity index (χ3v) is 2.33. The van der Waals surface area contributed by atoms with Crippen LogP contribution in [-0.2, 0) is 7.05 Å². The monoisotopic (exact) mass is 167 g/mol. The van der Waals surface area contributed by atoms with E-state index < -0.39 is 0 Å². The second kappa shape index (κ2) is 3.27. The molecule has 2 N–H and O–H groups in total. The zero-order valence-electron chi connectivity index (χ0n) is 8.20. The van der Waals surface area contributed by atoms with Crippen LogP contribution in [0.5, 0.6) is 0 Å².